The first-order valence-electron chi connectivity index (χ1n) is 4.45. The van der Waals surface area contributed by atoms with E-state index in [0.29, 0.717) is 5.75 Å². The molecule has 0 amide bonds. The number of nitriles is 1. The highest BCUT2D eigenvalue weighted by Gasteiger charge is 2.11. The predicted octanol–water partition coefficient (Wildman–Crippen LogP) is 1.77. The normalized spacial score (nSPS) is 9.87. The van der Waals surface area contributed by atoms with Crippen LogP contribution in [-0.2, 0) is 0 Å². The second-order valence-electron chi connectivity index (χ2n) is 3.25. The minimum Gasteiger partial charge on any atom is -0.490 e. The van der Waals surface area contributed by atoms with Crippen LogP contribution >= 0.6 is 0 Å². The zero-order chi connectivity index (χ0) is 11.4. The maximum Gasteiger partial charge on any atom is 0.149 e. The minimum atomic E-state index is -0.579. The first-order valence-corrected chi connectivity index (χ1v) is 4.45. The topological polar surface area (TPSA) is 71.1 Å². The van der Waals surface area contributed by atoms with E-state index in [2.05, 4.69) is 5.43 Å². The van der Waals surface area contributed by atoms with Crippen molar-refractivity contribution in [1.82, 2.24) is 0 Å². The van der Waals surface area contributed by atoms with E-state index in [0.717, 1.165) is 6.07 Å². The molecule has 0 unspecified atom stereocenters. The van der Waals surface area contributed by atoms with Crippen LogP contribution < -0.4 is 16.0 Å². The summed E-state index contributed by atoms with van der Waals surface area (Å²) in [6, 6.07) is 4.32. The highest BCUT2D eigenvalue weighted by Crippen LogP contribution is 2.26. The summed E-state index contributed by atoms with van der Waals surface area (Å²) in [6.07, 6.45) is -0.0896. The molecule has 4 nitrogen and oxygen atoms in total. The Bertz CT molecular complexity index is 398. The third kappa shape index (κ3) is 2.58. The highest BCUT2D eigenvalue weighted by molar-refractivity contribution is 5.56. The van der Waals surface area contributed by atoms with Gasteiger partial charge in [0, 0.05) is 6.07 Å². The summed E-state index contributed by atoms with van der Waals surface area (Å²) in [5, 5.41) is 8.77. The molecule has 0 atom stereocenters. The maximum atomic E-state index is 13.2. The maximum absolute atomic E-state index is 13.2. The number of nitrogens with two attached hydrogens (primary N) is 1. The van der Waals surface area contributed by atoms with E-state index in [1.165, 1.54) is 6.07 Å². The smallest absolute Gasteiger partial charge is 0.149 e. The molecular formula is C10H12FN3O. The van der Waals surface area contributed by atoms with Crippen molar-refractivity contribution in [1.29, 1.82) is 5.26 Å². The Morgan fingerprint density at radius 1 is 1.53 bits per heavy atom. The van der Waals surface area contributed by atoms with Gasteiger partial charge >= 0.3 is 0 Å². The van der Waals surface area contributed by atoms with Crippen molar-refractivity contribution in [3.63, 3.8) is 0 Å². The van der Waals surface area contributed by atoms with Gasteiger partial charge in [0.15, 0.2) is 0 Å². The number of hydrazine groups is 1. The lowest BCUT2D eigenvalue weighted by Crippen LogP contribution is -2.11. The zero-order valence-electron chi connectivity index (χ0n) is 8.54. The first kappa shape index (κ1) is 11.3. The fraction of sp³-hybridized carbons (Fsp3) is 0.300. The van der Waals surface area contributed by atoms with Crippen molar-refractivity contribution in [3.8, 4) is 11.8 Å². The summed E-state index contributed by atoms with van der Waals surface area (Å²) in [6.45, 7) is 3.64. The zero-order valence-corrected chi connectivity index (χ0v) is 8.54. The van der Waals surface area contributed by atoms with E-state index < -0.39 is 5.82 Å². The lowest BCUT2D eigenvalue weighted by atomic mass is 10.2. The number of ether oxygens (including phenoxy) is 1. The van der Waals surface area contributed by atoms with Crippen LogP contribution in [0.2, 0.25) is 0 Å². The van der Waals surface area contributed by atoms with E-state index in [9.17, 15) is 4.39 Å². The number of nitrogen functional groups attached to an aromatic ring is 1. The van der Waals surface area contributed by atoms with Crippen LogP contribution in [0.5, 0.6) is 5.75 Å². The molecule has 0 aliphatic rings. The van der Waals surface area contributed by atoms with Gasteiger partial charge in [-0.1, -0.05) is 0 Å². The third-order valence-electron chi connectivity index (χ3n) is 1.71. The van der Waals surface area contributed by atoms with Crippen LogP contribution in [0.3, 0.4) is 0 Å². The van der Waals surface area contributed by atoms with Crippen molar-refractivity contribution in [3.05, 3.63) is 23.5 Å². The number of anilines is 1. The molecule has 0 saturated heterocycles. The van der Waals surface area contributed by atoms with E-state index in [4.69, 9.17) is 15.8 Å². The third-order valence-corrected chi connectivity index (χ3v) is 1.71. The molecule has 0 fully saturated rings. The molecule has 3 N–H and O–H groups in total. The summed E-state index contributed by atoms with van der Waals surface area (Å²) < 4.78 is 18.6. The van der Waals surface area contributed by atoms with Crippen LogP contribution in [0.25, 0.3) is 0 Å². The van der Waals surface area contributed by atoms with E-state index in [1.807, 2.05) is 19.9 Å². The largest absolute Gasteiger partial charge is 0.490 e. The van der Waals surface area contributed by atoms with Gasteiger partial charge in [-0.25, -0.2) is 4.39 Å². The Labute approximate surface area is 87.4 Å². The van der Waals surface area contributed by atoms with Gasteiger partial charge in [0.2, 0.25) is 0 Å². The number of nitrogens with zero attached hydrogens (tertiary/aromatic N) is 1. The molecule has 0 aliphatic heterocycles. The summed E-state index contributed by atoms with van der Waals surface area (Å²) in [7, 11) is 0. The average Bonchev–Trinajstić information content (AvgIpc) is 2.19. The van der Waals surface area contributed by atoms with Gasteiger partial charge in [-0.3, -0.25) is 5.84 Å². The Morgan fingerprint density at radius 3 is 2.67 bits per heavy atom. The summed E-state index contributed by atoms with van der Waals surface area (Å²) in [4.78, 5) is 0. The minimum absolute atomic E-state index is 0.0896. The molecule has 0 aliphatic carbocycles. The van der Waals surface area contributed by atoms with Crippen LogP contribution in [0.15, 0.2) is 12.1 Å². The number of rotatable bonds is 3. The Morgan fingerprint density at radius 2 is 2.20 bits per heavy atom. The van der Waals surface area contributed by atoms with Crippen LogP contribution in [0.1, 0.15) is 19.4 Å². The summed E-state index contributed by atoms with van der Waals surface area (Å²) >= 11 is 0. The molecule has 0 spiro atoms. The van der Waals surface area contributed by atoms with Gasteiger partial charge in [0.05, 0.1) is 17.4 Å². The molecule has 15 heavy (non-hydrogen) atoms. The number of halogens is 1. The van der Waals surface area contributed by atoms with Crippen LogP contribution in [-0.4, -0.2) is 6.10 Å². The standard InChI is InChI=1S/C10H12FN3O/c1-6(2)15-10-4-9(14-13)8(11)3-7(10)5-12/h3-4,6,14H,13H2,1-2H3. The quantitative estimate of drug-likeness (QED) is 0.588. The Hall–Kier alpha value is -1.80. The fourth-order valence-corrected chi connectivity index (χ4v) is 1.10. The SMILES string of the molecule is CC(C)Oc1cc(NN)c(F)cc1C#N. The fourth-order valence-electron chi connectivity index (χ4n) is 1.10. The average molecular weight is 209 g/mol. The van der Waals surface area contributed by atoms with Gasteiger partial charge in [-0.15, -0.1) is 0 Å². The molecule has 0 heterocycles. The molecule has 0 bridgehead atoms. The Balaban J connectivity index is 3.18. The summed E-state index contributed by atoms with van der Waals surface area (Å²) in [5.41, 5.74) is 2.45. The molecule has 0 radical (unpaired) electrons. The lowest BCUT2D eigenvalue weighted by molar-refractivity contribution is 0.241. The van der Waals surface area contributed by atoms with Crippen molar-refractivity contribution in [2.75, 3.05) is 5.43 Å². The van der Waals surface area contributed by atoms with Crippen molar-refractivity contribution >= 4 is 5.69 Å². The predicted molar refractivity (Wildman–Crippen MR) is 54.7 cm³/mol. The monoisotopic (exact) mass is 209 g/mol. The van der Waals surface area contributed by atoms with Gasteiger partial charge in [-0.2, -0.15) is 5.26 Å². The Kier molecular flexibility index (Phi) is 3.47. The molecule has 1 aromatic carbocycles. The van der Waals surface area contributed by atoms with Crippen LogP contribution in [0, 0.1) is 17.1 Å². The molecule has 0 saturated carbocycles. The number of hydrogen-bond acceptors (Lipinski definition) is 4. The molecule has 80 valence electrons. The number of nitrogens with one attached hydrogen (secondary N) is 1. The second kappa shape index (κ2) is 4.62. The summed E-state index contributed by atoms with van der Waals surface area (Å²) in [5.74, 6) is 4.86. The van der Waals surface area contributed by atoms with Crippen molar-refractivity contribution in [2.24, 2.45) is 5.84 Å². The second-order valence-corrected chi connectivity index (χ2v) is 3.25. The highest BCUT2D eigenvalue weighted by atomic mass is 19.1. The van der Waals surface area contributed by atoms with Gasteiger partial charge in [0.25, 0.3) is 0 Å². The molecule has 1 rings (SSSR count). The van der Waals surface area contributed by atoms with Gasteiger partial charge in [0.1, 0.15) is 17.6 Å². The van der Waals surface area contributed by atoms with E-state index in [1.54, 1.807) is 0 Å². The first-order chi connectivity index (χ1) is 7.08. The van der Waals surface area contributed by atoms with E-state index in [-0.39, 0.29) is 17.4 Å². The molecule has 5 heteroatoms. The lowest BCUT2D eigenvalue weighted by Gasteiger charge is -2.12. The van der Waals surface area contributed by atoms with E-state index >= 15 is 0 Å². The molecule has 0 aromatic heterocycles. The van der Waals surface area contributed by atoms with Gasteiger partial charge < -0.3 is 10.2 Å². The van der Waals surface area contributed by atoms with Crippen molar-refractivity contribution < 1.29 is 9.13 Å². The number of hydrogen-bond donors (Lipinski definition) is 2. The molecular weight excluding hydrogens is 197 g/mol. The van der Waals surface area contributed by atoms with Crippen LogP contribution in [0.4, 0.5) is 10.1 Å². The van der Waals surface area contributed by atoms with Crippen molar-refractivity contribution in [2.45, 2.75) is 20.0 Å². The molecule has 1 aromatic rings. The number of benzene rings is 1. The van der Waals surface area contributed by atoms with Gasteiger partial charge in [-0.05, 0) is 19.9 Å².